The number of hydrogen-bond donors (Lipinski definition) is 0. The van der Waals surface area contributed by atoms with Crippen molar-refractivity contribution in [3.8, 4) is 0 Å². The largest absolute Gasteiger partial charge is 0.756 e. The molecule has 0 fully saturated rings. The molecule has 0 aliphatic carbocycles. The van der Waals surface area contributed by atoms with Crippen LogP contribution in [0.2, 0.25) is 0 Å². The number of carbonyl (C=O) groups excluding carboxylic acids is 2. The standard InChI is InChI=1S/C72H120NO8P/c1-6-8-10-12-14-16-18-20-22-24-26-28-29-30-31-32-33-34-35-36-37-38-39-40-41-42-43-45-47-49-51-53-55-57-59-61-63-65-72(75)81-70(69-80-82(76,77)79-67-66-73(3,4)5)68-78-71(74)64-62-60-58-56-54-52-50-48-46-44-27-25-23-21-19-17-15-13-11-9-7-2/h8-11,14-17,20-23,26-28,30-31,33-34,44,48,50,54,56,70H,6-7,12-13,18-19,24-25,29,32,35-43,45-47,49,51-53,55,57-69H2,1-5H3/b10-8-,11-9-,16-14-,17-15-,22-20-,23-21-,28-26-,31-30-,34-33-,44-27-,50-48-,56-54-. The van der Waals surface area contributed by atoms with Crippen LogP contribution in [0.4, 0.5) is 0 Å². The maximum Gasteiger partial charge on any atom is 0.306 e. The van der Waals surface area contributed by atoms with Crippen LogP contribution in [0.25, 0.3) is 0 Å². The summed E-state index contributed by atoms with van der Waals surface area (Å²) in [6.45, 7) is 3.96. The third kappa shape index (κ3) is 65.0. The molecule has 0 saturated heterocycles. The third-order valence-corrected chi connectivity index (χ3v) is 14.3. The molecule has 10 heteroatoms. The predicted molar refractivity (Wildman–Crippen MR) is 350 cm³/mol. The molecule has 82 heavy (non-hydrogen) atoms. The SMILES string of the molecule is CC/C=C\C/C=C\C/C=C\C/C=C\C/C=C\C/C=C\CCCCCCCCCCCCCCCCCCCCC(=O)OC(COC(=O)CCCC/C=C\C/C=C\C/C=C\C/C=C\C/C=C\C/C=C\CC)COP(=O)([O-])OCC[N+](C)(C)C. The molecular weight excluding hydrogens is 1040 g/mol. The smallest absolute Gasteiger partial charge is 0.306 e. The van der Waals surface area contributed by atoms with Crippen molar-refractivity contribution in [2.75, 3.05) is 47.5 Å². The fraction of sp³-hybridized carbons (Fsp3) is 0.639. The van der Waals surface area contributed by atoms with Crippen LogP contribution in [0.15, 0.2) is 146 Å². The summed E-state index contributed by atoms with van der Waals surface area (Å²) < 4.78 is 34.2. The van der Waals surface area contributed by atoms with Crippen molar-refractivity contribution in [2.24, 2.45) is 0 Å². The normalized spacial score (nSPS) is 14.2. The third-order valence-electron chi connectivity index (χ3n) is 13.4. The first-order valence-electron chi connectivity index (χ1n) is 32.5. The minimum absolute atomic E-state index is 0.0443. The van der Waals surface area contributed by atoms with Crippen molar-refractivity contribution < 1.29 is 42.1 Å². The van der Waals surface area contributed by atoms with Crippen LogP contribution in [-0.4, -0.2) is 70.0 Å². The summed E-state index contributed by atoms with van der Waals surface area (Å²) in [6, 6.07) is 0. The zero-order chi connectivity index (χ0) is 59.8. The van der Waals surface area contributed by atoms with E-state index in [0.29, 0.717) is 23.9 Å². The summed E-state index contributed by atoms with van der Waals surface area (Å²) in [5, 5.41) is 0. The molecule has 0 amide bonds. The van der Waals surface area contributed by atoms with Crippen molar-refractivity contribution in [3.05, 3.63) is 146 Å². The average Bonchev–Trinajstić information content (AvgIpc) is 3.46. The van der Waals surface area contributed by atoms with Gasteiger partial charge in [-0.3, -0.25) is 14.2 Å². The summed E-state index contributed by atoms with van der Waals surface area (Å²) in [7, 11) is 1.13. The number of nitrogens with zero attached hydrogens (tertiary/aromatic N) is 1. The fourth-order valence-electron chi connectivity index (χ4n) is 8.43. The van der Waals surface area contributed by atoms with Gasteiger partial charge in [-0.05, 0) is 116 Å². The number of hydrogen-bond acceptors (Lipinski definition) is 8. The van der Waals surface area contributed by atoms with Crippen LogP contribution in [0.5, 0.6) is 0 Å². The number of esters is 2. The maximum atomic E-state index is 12.8. The van der Waals surface area contributed by atoms with Crippen LogP contribution < -0.4 is 4.89 Å². The molecule has 0 saturated carbocycles. The Labute approximate surface area is 503 Å². The van der Waals surface area contributed by atoms with Gasteiger partial charge in [-0.15, -0.1) is 0 Å². The number of likely N-dealkylation sites (N-methyl/N-ethyl adjacent to an activating group) is 1. The van der Waals surface area contributed by atoms with Crippen molar-refractivity contribution >= 4 is 19.8 Å². The van der Waals surface area contributed by atoms with Gasteiger partial charge in [-0.2, -0.15) is 0 Å². The second-order valence-corrected chi connectivity index (χ2v) is 23.8. The van der Waals surface area contributed by atoms with E-state index in [1.165, 1.54) is 96.3 Å². The van der Waals surface area contributed by atoms with Gasteiger partial charge in [0.25, 0.3) is 7.82 Å². The highest BCUT2D eigenvalue weighted by Gasteiger charge is 2.22. The molecular formula is C72H120NO8P. The Kier molecular flexibility index (Phi) is 58.4. The zero-order valence-electron chi connectivity index (χ0n) is 52.9. The molecule has 9 nitrogen and oxygen atoms in total. The van der Waals surface area contributed by atoms with E-state index in [1.807, 2.05) is 21.1 Å². The van der Waals surface area contributed by atoms with Crippen LogP contribution in [0.1, 0.15) is 245 Å². The van der Waals surface area contributed by atoms with Crippen molar-refractivity contribution in [1.82, 2.24) is 0 Å². The van der Waals surface area contributed by atoms with Crippen molar-refractivity contribution in [1.29, 1.82) is 0 Å². The first-order valence-corrected chi connectivity index (χ1v) is 34.0. The van der Waals surface area contributed by atoms with Gasteiger partial charge in [0.05, 0.1) is 27.7 Å². The number of phosphoric acid groups is 1. The molecule has 0 aromatic heterocycles. The zero-order valence-corrected chi connectivity index (χ0v) is 53.8. The lowest BCUT2D eigenvalue weighted by Gasteiger charge is -2.28. The lowest BCUT2D eigenvalue weighted by atomic mass is 10.0. The summed E-state index contributed by atoms with van der Waals surface area (Å²) in [5.41, 5.74) is 0. The van der Waals surface area contributed by atoms with Gasteiger partial charge in [-0.25, -0.2) is 0 Å². The number of carbonyl (C=O) groups is 2. The number of rotatable bonds is 58. The Bertz CT molecular complexity index is 1890. The van der Waals surface area contributed by atoms with Gasteiger partial charge in [0.15, 0.2) is 6.10 Å². The molecule has 0 aliphatic rings. The minimum Gasteiger partial charge on any atom is -0.756 e. The molecule has 2 unspecified atom stereocenters. The van der Waals surface area contributed by atoms with Gasteiger partial charge >= 0.3 is 11.9 Å². The fourth-order valence-corrected chi connectivity index (χ4v) is 9.16. The summed E-state index contributed by atoms with van der Waals surface area (Å²) in [5.74, 6) is -0.888. The Morgan fingerprint density at radius 2 is 0.659 bits per heavy atom. The molecule has 2 atom stereocenters. The van der Waals surface area contributed by atoms with Crippen LogP contribution >= 0.6 is 7.82 Å². The summed E-state index contributed by atoms with van der Waals surface area (Å²) >= 11 is 0. The highest BCUT2D eigenvalue weighted by Crippen LogP contribution is 2.38. The number of quaternary nitrogens is 1. The molecule has 0 heterocycles. The highest BCUT2D eigenvalue weighted by molar-refractivity contribution is 7.45. The van der Waals surface area contributed by atoms with Gasteiger partial charge in [0.2, 0.25) is 0 Å². The second kappa shape index (κ2) is 61.5. The van der Waals surface area contributed by atoms with Gasteiger partial charge in [-0.1, -0.05) is 262 Å². The first kappa shape index (κ1) is 77.9. The molecule has 0 aromatic carbocycles. The molecule has 0 rings (SSSR count). The first-order chi connectivity index (χ1) is 40.0. The molecule has 0 radical (unpaired) electrons. The van der Waals surface area contributed by atoms with Crippen LogP contribution in [-0.2, 0) is 32.7 Å². The van der Waals surface area contributed by atoms with Gasteiger partial charge in [0, 0.05) is 12.8 Å². The van der Waals surface area contributed by atoms with Crippen LogP contribution in [0, 0.1) is 0 Å². The van der Waals surface area contributed by atoms with E-state index < -0.39 is 32.5 Å². The summed E-state index contributed by atoms with van der Waals surface area (Å²) in [4.78, 5) is 37.9. The Hall–Kier alpha value is -4.11. The lowest BCUT2D eigenvalue weighted by Crippen LogP contribution is -2.37. The molecule has 466 valence electrons. The molecule has 0 N–H and O–H groups in total. The topological polar surface area (TPSA) is 111 Å². The second-order valence-electron chi connectivity index (χ2n) is 22.4. The van der Waals surface area contributed by atoms with Gasteiger partial charge < -0.3 is 27.9 Å². The Morgan fingerprint density at radius 3 is 1.00 bits per heavy atom. The van der Waals surface area contributed by atoms with E-state index in [-0.39, 0.29) is 26.1 Å². The molecule has 0 aliphatic heterocycles. The molecule has 0 bridgehead atoms. The maximum absolute atomic E-state index is 12.8. The van der Waals surface area contributed by atoms with E-state index >= 15 is 0 Å². The Morgan fingerprint density at radius 1 is 0.378 bits per heavy atom. The van der Waals surface area contributed by atoms with E-state index in [2.05, 4.69) is 160 Å². The van der Waals surface area contributed by atoms with Crippen molar-refractivity contribution in [3.63, 3.8) is 0 Å². The van der Waals surface area contributed by atoms with E-state index in [0.717, 1.165) is 109 Å². The monoisotopic (exact) mass is 1160 g/mol. The Balaban J connectivity index is 4.10. The summed E-state index contributed by atoms with van der Waals surface area (Å²) in [6.07, 6.45) is 90.7. The van der Waals surface area contributed by atoms with E-state index in [1.54, 1.807) is 0 Å². The van der Waals surface area contributed by atoms with Crippen LogP contribution in [0.3, 0.4) is 0 Å². The highest BCUT2D eigenvalue weighted by atomic mass is 31.2. The minimum atomic E-state index is -4.66. The van der Waals surface area contributed by atoms with E-state index in [4.69, 9.17) is 18.5 Å². The van der Waals surface area contributed by atoms with Gasteiger partial charge in [0.1, 0.15) is 19.8 Å². The predicted octanol–water partition coefficient (Wildman–Crippen LogP) is 20.4. The van der Waals surface area contributed by atoms with Crippen molar-refractivity contribution in [2.45, 2.75) is 251 Å². The molecule has 0 spiro atoms. The number of allylic oxidation sites excluding steroid dienone is 24. The number of phosphoric ester groups is 1. The lowest BCUT2D eigenvalue weighted by molar-refractivity contribution is -0.870. The number of ether oxygens (including phenoxy) is 2. The number of unbranched alkanes of at least 4 members (excludes halogenated alkanes) is 20. The van der Waals surface area contributed by atoms with E-state index in [9.17, 15) is 19.0 Å². The molecule has 0 aromatic rings. The average molecular weight is 1160 g/mol. The quantitative estimate of drug-likeness (QED) is 0.0195.